The van der Waals surface area contributed by atoms with Crippen LogP contribution in [0.1, 0.15) is 36.8 Å². The summed E-state index contributed by atoms with van der Waals surface area (Å²) in [6.07, 6.45) is 6.41. The molecule has 66 valence electrons. The molecule has 0 atom stereocenters. The van der Waals surface area contributed by atoms with Gasteiger partial charge in [-0.1, -0.05) is 6.42 Å². The zero-order chi connectivity index (χ0) is 8.39. The van der Waals surface area contributed by atoms with E-state index in [-0.39, 0.29) is 0 Å². The van der Waals surface area contributed by atoms with E-state index in [9.17, 15) is 0 Å². The Hall–Kier alpha value is -0.830. The summed E-state index contributed by atoms with van der Waals surface area (Å²) in [7, 11) is 0. The molecule has 2 rings (SSSR count). The van der Waals surface area contributed by atoms with Gasteiger partial charge in [-0.2, -0.15) is 0 Å². The van der Waals surface area contributed by atoms with Gasteiger partial charge in [-0.05, 0) is 19.4 Å². The lowest BCUT2D eigenvalue weighted by molar-refractivity contribution is 0.325. The first-order valence-corrected chi connectivity index (χ1v) is 4.55. The fraction of sp³-hybridized carbons (Fsp3) is 0.667. The summed E-state index contributed by atoms with van der Waals surface area (Å²) in [5.41, 5.74) is 5.40. The van der Waals surface area contributed by atoms with Crippen LogP contribution in [-0.2, 0) is 6.42 Å². The quantitative estimate of drug-likeness (QED) is 0.739. The van der Waals surface area contributed by atoms with E-state index in [0.717, 1.165) is 18.1 Å². The van der Waals surface area contributed by atoms with Crippen molar-refractivity contribution in [2.75, 3.05) is 6.54 Å². The zero-order valence-electron chi connectivity index (χ0n) is 7.12. The van der Waals surface area contributed by atoms with Gasteiger partial charge in [-0.3, -0.25) is 0 Å². The highest BCUT2D eigenvalue weighted by Gasteiger charge is 2.23. The molecular weight excluding hydrogens is 152 g/mol. The van der Waals surface area contributed by atoms with Crippen LogP contribution in [-0.4, -0.2) is 11.5 Å². The fourth-order valence-corrected chi connectivity index (χ4v) is 1.42. The lowest BCUT2D eigenvalue weighted by Gasteiger charge is -2.21. The van der Waals surface area contributed by atoms with Gasteiger partial charge in [0.2, 0.25) is 0 Å². The molecular formula is C9H14N2O. The number of rotatable bonds is 3. The van der Waals surface area contributed by atoms with Crippen molar-refractivity contribution in [2.24, 2.45) is 5.73 Å². The Bertz CT molecular complexity index is 253. The summed E-state index contributed by atoms with van der Waals surface area (Å²) in [6, 6.07) is 0. The third kappa shape index (κ3) is 1.37. The molecule has 0 saturated heterocycles. The molecule has 1 fully saturated rings. The van der Waals surface area contributed by atoms with Gasteiger partial charge < -0.3 is 10.2 Å². The average Bonchev–Trinajstić information content (AvgIpc) is 2.34. The van der Waals surface area contributed by atoms with Gasteiger partial charge in [0.15, 0.2) is 5.89 Å². The van der Waals surface area contributed by atoms with Gasteiger partial charge in [0.25, 0.3) is 0 Å². The molecule has 0 bridgehead atoms. The summed E-state index contributed by atoms with van der Waals surface area (Å²) >= 11 is 0. The van der Waals surface area contributed by atoms with Crippen molar-refractivity contribution in [1.29, 1.82) is 0 Å². The summed E-state index contributed by atoms with van der Waals surface area (Å²) < 4.78 is 5.54. The van der Waals surface area contributed by atoms with E-state index in [2.05, 4.69) is 4.98 Å². The van der Waals surface area contributed by atoms with Crippen LogP contribution in [0.2, 0.25) is 0 Å². The molecule has 1 aliphatic rings. The number of nitrogens with two attached hydrogens (primary N) is 1. The molecule has 0 radical (unpaired) electrons. The van der Waals surface area contributed by atoms with Crippen LogP contribution in [0.15, 0.2) is 10.6 Å². The Morgan fingerprint density at radius 3 is 3.00 bits per heavy atom. The predicted octanol–water partition coefficient (Wildman–Crippen LogP) is 1.44. The second-order valence-electron chi connectivity index (χ2n) is 3.33. The maximum Gasteiger partial charge on any atom is 0.197 e. The van der Waals surface area contributed by atoms with E-state index < -0.39 is 0 Å². The number of oxazole rings is 1. The lowest BCUT2D eigenvalue weighted by atomic mass is 9.85. The highest BCUT2D eigenvalue weighted by Crippen LogP contribution is 2.35. The second kappa shape index (κ2) is 3.27. The van der Waals surface area contributed by atoms with Crippen LogP contribution in [0.25, 0.3) is 0 Å². The first-order valence-electron chi connectivity index (χ1n) is 4.55. The van der Waals surface area contributed by atoms with Crippen LogP contribution in [0.4, 0.5) is 0 Å². The predicted molar refractivity (Wildman–Crippen MR) is 45.9 cm³/mol. The minimum Gasteiger partial charge on any atom is -0.445 e. The molecule has 1 saturated carbocycles. The fourth-order valence-electron chi connectivity index (χ4n) is 1.42. The molecule has 3 heteroatoms. The van der Waals surface area contributed by atoms with Gasteiger partial charge >= 0.3 is 0 Å². The minimum atomic E-state index is 0.594. The van der Waals surface area contributed by atoms with E-state index >= 15 is 0 Å². The van der Waals surface area contributed by atoms with Crippen molar-refractivity contribution in [2.45, 2.75) is 31.6 Å². The number of hydrogen-bond donors (Lipinski definition) is 1. The normalized spacial score (nSPS) is 17.8. The van der Waals surface area contributed by atoms with Gasteiger partial charge in [0, 0.05) is 12.3 Å². The SMILES string of the molecule is NCCc1cnc(C2CCC2)o1. The molecule has 0 unspecified atom stereocenters. The van der Waals surface area contributed by atoms with E-state index in [1.807, 2.05) is 0 Å². The van der Waals surface area contributed by atoms with Gasteiger partial charge in [0.05, 0.1) is 6.20 Å². The van der Waals surface area contributed by atoms with Crippen LogP contribution in [0, 0.1) is 0 Å². The van der Waals surface area contributed by atoms with Crippen LogP contribution in [0.3, 0.4) is 0 Å². The monoisotopic (exact) mass is 166 g/mol. The molecule has 2 N–H and O–H groups in total. The Morgan fingerprint density at radius 2 is 2.42 bits per heavy atom. The van der Waals surface area contributed by atoms with Gasteiger partial charge in [-0.15, -0.1) is 0 Å². The third-order valence-electron chi connectivity index (χ3n) is 2.42. The second-order valence-corrected chi connectivity index (χ2v) is 3.33. The average molecular weight is 166 g/mol. The maximum atomic E-state index is 5.54. The van der Waals surface area contributed by atoms with E-state index in [1.165, 1.54) is 19.3 Å². The van der Waals surface area contributed by atoms with Crippen molar-refractivity contribution >= 4 is 0 Å². The van der Waals surface area contributed by atoms with Crippen molar-refractivity contribution in [1.82, 2.24) is 4.98 Å². The first kappa shape index (κ1) is 7.80. The highest BCUT2D eigenvalue weighted by atomic mass is 16.4. The lowest BCUT2D eigenvalue weighted by Crippen LogP contribution is -2.08. The van der Waals surface area contributed by atoms with Crippen molar-refractivity contribution in [3.05, 3.63) is 17.8 Å². The third-order valence-corrected chi connectivity index (χ3v) is 2.42. The zero-order valence-corrected chi connectivity index (χ0v) is 7.12. The number of nitrogens with zero attached hydrogens (tertiary/aromatic N) is 1. The first-order chi connectivity index (χ1) is 5.90. The summed E-state index contributed by atoms with van der Waals surface area (Å²) in [5.74, 6) is 2.45. The van der Waals surface area contributed by atoms with Crippen molar-refractivity contribution in [3.8, 4) is 0 Å². The standard InChI is InChI=1S/C9H14N2O/c10-5-4-8-6-11-9(12-8)7-2-1-3-7/h6-7H,1-5,10H2. The molecule has 3 nitrogen and oxygen atoms in total. The Labute approximate surface area is 72.0 Å². The molecule has 1 aromatic heterocycles. The number of hydrogen-bond acceptors (Lipinski definition) is 3. The topological polar surface area (TPSA) is 52.0 Å². The van der Waals surface area contributed by atoms with Crippen molar-refractivity contribution in [3.63, 3.8) is 0 Å². The number of aromatic nitrogens is 1. The Morgan fingerprint density at radius 1 is 1.58 bits per heavy atom. The minimum absolute atomic E-state index is 0.594. The molecule has 0 spiro atoms. The van der Waals surface area contributed by atoms with Crippen LogP contribution in [0.5, 0.6) is 0 Å². The van der Waals surface area contributed by atoms with Gasteiger partial charge in [0.1, 0.15) is 5.76 Å². The smallest absolute Gasteiger partial charge is 0.197 e. The van der Waals surface area contributed by atoms with E-state index in [0.29, 0.717) is 12.5 Å². The molecule has 12 heavy (non-hydrogen) atoms. The molecule has 0 amide bonds. The van der Waals surface area contributed by atoms with Gasteiger partial charge in [-0.25, -0.2) is 4.98 Å². The van der Waals surface area contributed by atoms with Crippen LogP contribution >= 0.6 is 0 Å². The van der Waals surface area contributed by atoms with E-state index in [4.69, 9.17) is 10.2 Å². The Balaban J connectivity index is 2.02. The molecule has 1 heterocycles. The molecule has 1 aliphatic carbocycles. The molecule has 0 aliphatic heterocycles. The molecule has 1 aromatic rings. The highest BCUT2D eigenvalue weighted by molar-refractivity contribution is 5.02. The largest absolute Gasteiger partial charge is 0.445 e. The summed E-state index contributed by atoms with van der Waals surface area (Å²) in [4.78, 5) is 4.23. The molecule has 0 aromatic carbocycles. The van der Waals surface area contributed by atoms with Crippen LogP contribution < -0.4 is 5.73 Å². The summed E-state index contributed by atoms with van der Waals surface area (Å²) in [6.45, 7) is 0.638. The Kier molecular flexibility index (Phi) is 2.13. The van der Waals surface area contributed by atoms with Crippen molar-refractivity contribution < 1.29 is 4.42 Å². The maximum absolute atomic E-state index is 5.54. The van der Waals surface area contributed by atoms with E-state index in [1.54, 1.807) is 6.20 Å². The summed E-state index contributed by atoms with van der Waals surface area (Å²) in [5, 5.41) is 0.